The third-order valence-corrected chi connectivity index (χ3v) is 6.99. The number of urea groups is 1. The van der Waals surface area contributed by atoms with Gasteiger partial charge in [0.1, 0.15) is 5.78 Å². The Morgan fingerprint density at radius 2 is 1.83 bits per heavy atom. The van der Waals surface area contributed by atoms with Gasteiger partial charge in [0.05, 0.1) is 4.90 Å². The average Bonchev–Trinajstić information content (AvgIpc) is 2.73. The van der Waals surface area contributed by atoms with Gasteiger partial charge in [0.25, 0.3) is 0 Å². The van der Waals surface area contributed by atoms with E-state index in [0.29, 0.717) is 44.6 Å². The molecule has 1 fully saturated rings. The Balaban J connectivity index is 1.54. The van der Waals surface area contributed by atoms with Crippen molar-refractivity contribution in [2.45, 2.75) is 37.6 Å². The van der Waals surface area contributed by atoms with Crippen molar-refractivity contribution in [3.63, 3.8) is 0 Å². The number of benzene rings is 1. The number of Topliss-reactive ketones (excluding diaryl/α,β-unsaturated/α-hetero) is 1. The minimum atomic E-state index is -3.59. The molecule has 0 saturated carbocycles. The lowest BCUT2D eigenvalue weighted by atomic mass is 9.93. The van der Waals surface area contributed by atoms with Crippen LogP contribution in [0, 0.1) is 5.92 Å². The SMILES string of the molecule is CC(=O)CC1CCN(S(=O)(=O)c2ccc(NC(=O)NCc3cccnc3)cc2)CC1. The highest BCUT2D eigenvalue weighted by atomic mass is 32.2. The van der Waals surface area contributed by atoms with Crippen LogP contribution in [-0.2, 0) is 21.4 Å². The molecule has 160 valence electrons. The third kappa shape index (κ3) is 5.87. The van der Waals surface area contributed by atoms with Crippen LogP contribution in [0.15, 0.2) is 53.7 Å². The van der Waals surface area contributed by atoms with E-state index in [0.717, 1.165) is 5.56 Å². The molecule has 0 unspecified atom stereocenters. The number of nitrogens with one attached hydrogen (secondary N) is 2. The van der Waals surface area contributed by atoms with Crippen LogP contribution < -0.4 is 10.6 Å². The zero-order chi connectivity index (χ0) is 21.6. The first-order valence-electron chi connectivity index (χ1n) is 9.88. The molecule has 1 aliphatic heterocycles. The molecule has 0 spiro atoms. The Labute approximate surface area is 176 Å². The topological polar surface area (TPSA) is 108 Å². The summed E-state index contributed by atoms with van der Waals surface area (Å²) >= 11 is 0. The van der Waals surface area contributed by atoms with Gasteiger partial charge in [-0.2, -0.15) is 4.31 Å². The first-order valence-corrected chi connectivity index (χ1v) is 11.3. The molecule has 3 rings (SSSR count). The van der Waals surface area contributed by atoms with Gasteiger partial charge in [-0.25, -0.2) is 13.2 Å². The van der Waals surface area contributed by atoms with Crippen LogP contribution in [0.5, 0.6) is 0 Å². The van der Waals surface area contributed by atoms with Crippen LogP contribution in [0.3, 0.4) is 0 Å². The maximum Gasteiger partial charge on any atom is 0.319 e. The summed E-state index contributed by atoms with van der Waals surface area (Å²) in [5.41, 5.74) is 1.37. The van der Waals surface area contributed by atoms with Crippen molar-refractivity contribution in [1.82, 2.24) is 14.6 Å². The van der Waals surface area contributed by atoms with Gasteiger partial charge in [0, 0.05) is 44.1 Å². The average molecular weight is 431 g/mol. The molecule has 0 atom stereocenters. The Morgan fingerprint density at radius 3 is 2.43 bits per heavy atom. The largest absolute Gasteiger partial charge is 0.334 e. The molecule has 30 heavy (non-hydrogen) atoms. The quantitative estimate of drug-likeness (QED) is 0.702. The van der Waals surface area contributed by atoms with Crippen molar-refractivity contribution in [3.05, 3.63) is 54.4 Å². The molecular formula is C21H26N4O4S. The van der Waals surface area contributed by atoms with Gasteiger partial charge in [-0.15, -0.1) is 0 Å². The molecule has 0 radical (unpaired) electrons. The number of aromatic nitrogens is 1. The molecule has 1 aliphatic rings. The fraction of sp³-hybridized carbons (Fsp3) is 0.381. The number of carbonyl (C=O) groups is 2. The summed E-state index contributed by atoms with van der Waals surface area (Å²) in [4.78, 5) is 27.5. The Hall–Kier alpha value is -2.78. The number of sulfonamides is 1. The maximum atomic E-state index is 12.9. The highest BCUT2D eigenvalue weighted by molar-refractivity contribution is 7.89. The zero-order valence-electron chi connectivity index (χ0n) is 16.9. The highest BCUT2D eigenvalue weighted by Crippen LogP contribution is 2.26. The highest BCUT2D eigenvalue weighted by Gasteiger charge is 2.29. The number of carbonyl (C=O) groups excluding carboxylic acids is 2. The molecule has 1 saturated heterocycles. The van der Waals surface area contributed by atoms with E-state index in [9.17, 15) is 18.0 Å². The molecule has 0 aliphatic carbocycles. The normalized spacial score (nSPS) is 15.5. The molecule has 8 nitrogen and oxygen atoms in total. The minimum absolute atomic E-state index is 0.142. The lowest BCUT2D eigenvalue weighted by Crippen LogP contribution is -2.38. The predicted molar refractivity (Wildman–Crippen MR) is 113 cm³/mol. The fourth-order valence-corrected chi connectivity index (χ4v) is 4.95. The number of hydrogen-bond acceptors (Lipinski definition) is 5. The molecule has 2 N–H and O–H groups in total. The number of piperidine rings is 1. The van der Waals surface area contributed by atoms with Gasteiger partial charge in [-0.05, 0) is 61.6 Å². The van der Waals surface area contributed by atoms with E-state index in [1.807, 2.05) is 6.07 Å². The number of ketones is 1. The van der Waals surface area contributed by atoms with E-state index in [1.54, 1.807) is 37.5 Å². The first kappa shape index (κ1) is 21.9. The Bertz CT molecular complexity index is 970. The van der Waals surface area contributed by atoms with Crippen LogP contribution in [0.4, 0.5) is 10.5 Å². The third-order valence-electron chi connectivity index (χ3n) is 5.08. The molecule has 2 amide bonds. The van der Waals surface area contributed by atoms with Gasteiger partial charge in [0.15, 0.2) is 0 Å². The smallest absolute Gasteiger partial charge is 0.319 e. The maximum absolute atomic E-state index is 12.9. The fourth-order valence-electron chi connectivity index (χ4n) is 3.48. The first-order chi connectivity index (χ1) is 14.3. The van der Waals surface area contributed by atoms with E-state index in [4.69, 9.17) is 0 Å². The van der Waals surface area contributed by atoms with Crippen LogP contribution in [-0.4, -0.2) is 42.6 Å². The molecular weight excluding hydrogens is 404 g/mol. The molecule has 1 aromatic carbocycles. The summed E-state index contributed by atoms with van der Waals surface area (Å²) in [6.07, 6.45) is 5.22. The van der Waals surface area contributed by atoms with Crippen molar-refractivity contribution in [2.24, 2.45) is 5.92 Å². The number of hydrogen-bond donors (Lipinski definition) is 2. The number of nitrogens with zero attached hydrogens (tertiary/aromatic N) is 2. The second-order valence-electron chi connectivity index (χ2n) is 7.45. The summed E-state index contributed by atoms with van der Waals surface area (Å²) in [5, 5.41) is 5.40. The minimum Gasteiger partial charge on any atom is -0.334 e. The lowest BCUT2D eigenvalue weighted by molar-refractivity contribution is -0.118. The molecule has 1 aromatic heterocycles. The summed E-state index contributed by atoms with van der Waals surface area (Å²) in [7, 11) is -3.59. The number of amides is 2. The zero-order valence-corrected chi connectivity index (χ0v) is 17.7. The monoisotopic (exact) mass is 430 g/mol. The second-order valence-corrected chi connectivity index (χ2v) is 9.38. The van der Waals surface area contributed by atoms with Crippen molar-refractivity contribution in [2.75, 3.05) is 18.4 Å². The molecule has 9 heteroatoms. The number of rotatable bonds is 7. The predicted octanol–water partition coefficient (Wildman–Crippen LogP) is 2.78. The molecule has 2 heterocycles. The summed E-state index contributed by atoms with van der Waals surface area (Å²) in [6, 6.07) is 9.39. The van der Waals surface area contributed by atoms with E-state index >= 15 is 0 Å². The van der Waals surface area contributed by atoms with Crippen molar-refractivity contribution >= 4 is 27.5 Å². The van der Waals surface area contributed by atoms with E-state index in [2.05, 4.69) is 15.6 Å². The van der Waals surface area contributed by atoms with Gasteiger partial charge in [-0.3, -0.25) is 4.98 Å². The van der Waals surface area contributed by atoms with Gasteiger partial charge in [0.2, 0.25) is 10.0 Å². The van der Waals surface area contributed by atoms with Crippen LogP contribution >= 0.6 is 0 Å². The number of anilines is 1. The Kier molecular flexibility index (Phi) is 7.17. The Morgan fingerprint density at radius 1 is 1.13 bits per heavy atom. The molecule has 2 aromatic rings. The molecule has 0 bridgehead atoms. The number of pyridine rings is 1. The van der Waals surface area contributed by atoms with Crippen molar-refractivity contribution in [3.8, 4) is 0 Å². The van der Waals surface area contributed by atoms with Crippen molar-refractivity contribution < 1.29 is 18.0 Å². The van der Waals surface area contributed by atoms with E-state index in [-0.39, 0.29) is 22.6 Å². The summed E-state index contributed by atoms with van der Waals surface area (Å²) in [6.45, 7) is 2.73. The van der Waals surface area contributed by atoms with E-state index < -0.39 is 10.0 Å². The van der Waals surface area contributed by atoms with Gasteiger partial charge < -0.3 is 15.4 Å². The van der Waals surface area contributed by atoms with E-state index in [1.165, 1.54) is 16.4 Å². The standard InChI is InChI=1S/C21H26N4O4S/c1-16(26)13-17-8-11-25(12-9-17)30(28,29)20-6-4-19(5-7-20)24-21(27)23-15-18-3-2-10-22-14-18/h2-7,10,14,17H,8-9,11-13,15H2,1H3,(H2,23,24,27). The van der Waals surface area contributed by atoms with Crippen LogP contribution in [0.2, 0.25) is 0 Å². The van der Waals surface area contributed by atoms with Crippen molar-refractivity contribution in [1.29, 1.82) is 0 Å². The van der Waals surface area contributed by atoms with Crippen LogP contribution in [0.25, 0.3) is 0 Å². The van der Waals surface area contributed by atoms with Crippen LogP contribution in [0.1, 0.15) is 31.7 Å². The van der Waals surface area contributed by atoms with Gasteiger partial charge in [-0.1, -0.05) is 6.07 Å². The summed E-state index contributed by atoms with van der Waals surface area (Å²) in [5.74, 6) is 0.398. The lowest BCUT2D eigenvalue weighted by Gasteiger charge is -2.30. The second kappa shape index (κ2) is 9.82. The summed E-state index contributed by atoms with van der Waals surface area (Å²) < 4.78 is 27.2. The van der Waals surface area contributed by atoms with Gasteiger partial charge >= 0.3 is 6.03 Å².